The van der Waals surface area contributed by atoms with E-state index in [1.807, 2.05) is 6.92 Å². The number of amides is 1. The van der Waals surface area contributed by atoms with Crippen LogP contribution in [0.3, 0.4) is 0 Å². The van der Waals surface area contributed by atoms with Crippen molar-refractivity contribution in [3.05, 3.63) is 41.8 Å². The minimum absolute atomic E-state index is 0.220. The SMILES string of the molecule is CCOc1ccc(S(=O)(=O)N2CCCN(C(=O)c3cc(C)on3)CC2)cc1. The number of carbonyl (C=O) groups excluding carboxylic acids is 1. The minimum Gasteiger partial charge on any atom is -0.494 e. The summed E-state index contributed by atoms with van der Waals surface area (Å²) >= 11 is 0. The van der Waals surface area contributed by atoms with Crippen LogP contribution in [0.4, 0.5) is 0 Å². The Morgan fingerprint density at radius 3 is 2.56 bits per heavy atom. The van der Waals surface area contributed by atoms with Gasteiger partial charge in [0.1, 0.15) is 11.5 Å². The molecule has 1 aliphatic heterocycles. The minimum atomic E-state index is -3.62. The van der Waals surface area contributed by atoms with Gasteiger partial charge < -0.3 is 14.2 Å². The number of aromatic nitrogens is 1. The maximum atomic E-state index is 12.9. The van der Waals surface area contributed by atoms with Crippen LogP contribution in [0.15, 0.2) is 39.8 Å². The second-order valence-electron chi connectivity index (χ2n) is 6.28. The van der Waals surface area contributed by atoms with Gasteiger partial charge in [0.2, 0.25) is 10.0 Å². The highest BCUT2D eigenvalue weighted by molar-refractivity contribution is 7.89. The summed E-state index contributed by atoms with van der Waals surface area (Å²) in [6.07, 6.45) is 0.554. The van der Waals surface area contributed by atoms with Crippen LogP contribution in [-0.4, -0.2) is 61.5 Å². The Bertz CT molecular complexity index is 892. The first kappa shape index (κ1) is 19.4. The number of carbonyl (C=O) groups is 1. The molecule has 146 valence electrons. The summed E-state index contributed by atoms with van der Waals surface area (Å²) in [5.41, 5.74) is 0.246. The predicted octanol–water partition coefficient (Wildman–Crippen LogP) is 1.92. The molecule has 1 aliphatic rings. The van der Waals surface area contributed by atoms with Crippen molar-refractivity contribution in [3.63, 3.8) is 0 Å². The van der Waals surface area contributed by atoms with Crippen molar-refractivity contribution in [2.45, 2.75) is 25.2 Å². The molecule has 1 saturated heterocycles. The molecule has 0 aliphatic carbocycles. The Labute approximate surface area is 158 Å². The zero-order valence-electron chi connectivity index (χ0n) is 15.4. The number of rotatable bonds is 5. The fraction of sp³-hybridized carbons (Fsp3) is 0.444. The van der Waals surface area contributed by atoms with E-state index in [0.29, 0.717) is 44.2 Å². The average molecular weight is 393 g/mol. The van der Waals surface area contributed by atoms with E-state index in [4.69, 9.17) is 9.26 Å². The molecule has 2 aromatic rings. The molecule has 1 fully saturated rings. The summed E-state index contributed by atoms with van der Waals surface area (Å²) in [4.78, 5) is 14.3. The number of aryl methyl sites for hydroxylation is 1. The van der Waals surface area contributed by atoms with Crippen LogP contribution in [0.25, 0.3) is 0 Å². The molecule has 9 heteroatoms. The third-order valence-corrected chi connectivity index (χ3v) is 6.27. The summed E-state index contributed by atoms with van der Waals surface area (Å²) in [6.45, 7) is 5.48. The van der Waals surface area contributed by atoms with Crippen molar-refractivity contribution in [3.8, 4) is 5.75 Å². The molecule has 1 aromatic heterocycles. The number of ether oxygens (including phenoxy) is 1. The van der Waals surface area contributed by atoms with Crippen molar-refractivity contribution >= 4 is 15.9 Å². The van der Waals surface area contributed by atoms with Crippen molar-refractivity contribution in [2.75, 3.05) is 32.8 Å². The van der Waals surface area contributed by atoms with Crippen LogP contribution >= 0.6 is 0 Å². The maximum Gasteiger partial charge on any atom is 0.276 e. The Morgan fingerprint density at radius 2 is 1.93 bits per heavy atom. The molecule has 0 atom stereocenters. The zero-order valence-corrected chi connectivity index (χ0v) is 16.2. The Balaban J connectivity index is 1.70. The number of nitrogens with zero attached hydrogens (tertiary/aromatic N) is 3. The van der Waals surface area contributed by atoms with Gasteiger partial charge in [-0.1, -0.05) is 5.16 Å². The fourth-order valence-corrected chi connectivity index (χ4v) is 4.46. The van der Waals surface area contributed by atoms with Gasteiger partial charge >= 0.3 is 0 Å². The summed E-state index contributed by atoms with van der Waals surface area (Å²) in [7, 11) is -3.62. The quantitative estimate of drug-likeness (QED) is 0.770. The van der Waals surface area contributed by atoms with Gasteiger partial charge in [-0.05, 0) is 44.5 Å². The topological polar surface area (TPSA) is 93.0 Å². The van der Waals surface area contributed by atoms with Crippen LogP contribution < -0.4 is 4.74 Å². The monoisotopic (exact) mass is 393 g/mol. The number of hydrogen-bond donors (Lipinski definition) is 0. The molecule has 0 unspecified atom stereocenters. The van der Waals surface area contributed by atoms with Crippen molar-refractivity contribution in [2.24, 2.45) is 0 Å². The van der Waals surface area contributed by atoms with Gasteiger partial charge in [0.15, 0.2) is 5.69 Å². The summed E-state index contributed by atoms with van der Waals surface area (Å²) in [5, 5.41) is 3.75. The summed E-state index contributed by atoms with van der Waals surface area (Å²) in [5.74, 6) is 0.951. The first-order chi connectivity index (χ1) is 12.9. The van der Waals surface area contributed by atoms with E-state index in [1.165, 1.54) is 4.31 Å². The Kier molecular flexibility index (Phi) is 5.81. The second kappa shape index (κ2) is 8.10. The highest BCUT2D eigenvalue weighted by Gasteiger charge is 2.29. The normalized spacial score (nSPS) is 16.1. The van der Waals surface area contributed by atoms with E-state index in [1.54, 1.807) is 42.2 Å². The van der Waals surface area contributed by atoms with Crippen molar-refractivity contribution in [1.29, 1.82) is 0 Å². The average Bonchev–Trinajstić information content (AvgIpc) is 2.93. The fourth-order valence-electron chi connectivity index (χ4n) is 2.99. The van der Waals surface area contributed by atoms with E-state index >= 15 is 0 Å². The third-order valence-electron chi connectivity index (χ3n) is 4.36. The molecule has 3 rings (SSSR count). The molecule has 1 amide bonds. The van der Waals surface area contributed by atoms with Crippen LogP contribution in [0.2, 0.25) is 0 Å². The van der Waals surface area contributed by atoms with E-state index in [0.717, 1.165) is 0 Å². The molecule has 27 heavy (non-hydrogen) atoms. The van der Waals surface area contributed by atoms with Crippen LogP contribution in [0, 0.1) is 6.92 Å². The molecule has 0 N–H and O–H groups in total. The number of hydrogen-bond acceptors (Lipinski definition) is 6. The molecule has 2 heterocycles. The standard InChI is InChI=1S/C18H23N3O5S/c1-3-25-15-5-7-16(8-6-15)27(23,24)21-10-4-9-20(11-12-21)18(22)17-13-14(2)26-19-17/h5-8,13H,3-4,9-12H2,1-2H3. The van der Waals surface area contributed by atoms with Gasteiger partial charge in [0.25, 0.3) is 5.91 Å². The third kappa shape index (κ3) is 4.30. The summed E-state index contributed by atoms with van der Waals surface area (Å²) in [6, 6.07) is 7.98. The molecule has 1 aromatic carbocycles. The first-order valence-electron chi connectivity index (χ1n) is 8.87. The predicted molar refractivity (Wildman–Crippen MR) is 98.1 cm³/mol. The lowest BCUT2D eigenvalue weighted by Gasteiger charge is -2.21. The second-order valence-corrected chi connectivity index (χ2v) is 8.21. The van der Waals surface area contributed by atoms with Crippen molar-refractivity contribution in [1.82, 2.24) is 14.4 Å². The lowest BCUT2D eigenvalue weighted by molar-refractivity contribution is 0.0754. The lowest BCUT2D eigenvalue weighted by Crippen LogP contribution is -2.37. The van der Waals surface area contributed by atoms with Gasteiger partial charge in [0.05, 0.1) is 11.5 Å². The van der Waals surface area contributed by atoms with Gasteiger partial charge in [0, 0.05) is 32.2 Å². The maximum absolute atomic E-state index is 12.9. The lowest BCUT2D eigenvalue weighted by atomic mass is 10.3. The molecule has 0 saturated carbocycles. The highest BCUT2D eigenvalue weighted by atomic mass is 32.2. The highest BCUT2D eigenvalue weighted by Crippen LogP contribution is 2.21. The van der Waals surface area contributed by atoms with Crippen LogP contribution in [0.5, 0.6) is 5.75 Å². The Hall–Kier alpha value is -2.39. The van der Waals surface area contributed by atoms with Gasteiger partial charge in [-0.2, -0.15) is 4.31 Å². The smallest absolute Gasteiger partial charge is 0.276 e. The largest absolute Gasteiger partial charge is 0.494 e. The molecule has 8 nitrogen and oxygen atoms in total. The van der Waals surface area contributed by atoms with E-state index in [-0.39, 0.29) is 23.0 Å². The van der Waals surface area contributed by atoms with Gasteiger partial charge in [-0.15, -0.1) is 0 Å². The molecule has 0 radical (unpaired) electrons. The van der Waals surface area contributed by atoms with E-state index in [9.17, 15) is 13.2 Å². The van der Waals surface area contributed by atoms with E-state index < -0.39 is 10.0 Å². The molecular formula is C18H23N3O5S. The van der Waals surface area contributed by atoms with Crippen LogP contribution in [0.1, 0.15) is 29.6 Å². The Morgan fingerprint density at radius 1 is 1.19 bits per heavy atom. The first-order valence-corrected chi connectivity index (χ1v) is 10.3. The zero-order chi connectivity index (χ0) is 19.4. The number of sulfonamides is 1. The molecular weight excluding hydrogens is 370 g/mol. The van der Waals surface area contributed by atoms with E-state index in [2.05, 4.69) is 5.16 Å². The molecule has 0 bridgehead atoms. The van der Waals surface area contributed by atoms with Crippen molar-refractivity contribution < 1.29 is 22.5 Å². The van der Waals surface area contributed by atoms with Crippen LogP contribution in [-0.2, 0) is 10.0 Å². The van der Waals surface area contributed by atoms with Gasteiger partial charge in [-0.25, -0.2) is 8.42 Å². The summed E-state index contributed by atoms with van der Waals surface area (Å²) < 4.78 is 37.6. The van der Waals surface area contributed by atoms with Gasteiger partial charge in [-0.3, -0.25) is 4.79 Å². The number of benzene rings is 1. The molecule has 0 spiro atoms.